The molecule has 0 bridgehead atoms. The van der Waals surface area contributed by atoms with Crippen LogP contribution in [0.15, 0.2) is 48.5 Å². The van der Waals surface area contributed by atoms with Crippen molar-refractivity contribution in [1.82, 2.24) is 5.32 Å². The molecule has 4 atom stereocenters. The zero-order valence-corrected chi connectivity index (χ0v) is 15.6. The Morgan fingerprint density at radius 1 is 1.00 bits per heavy atom. The van der Waals surface area contributed by atoms with Gasteiger partial charge in [-0.05, 0) is 72.4 Å². The normalized spacial score (nSPS) is 34.5. The third-order valence-electron chi connectivity index (χ3n) is 7.71. The van der Waals surface area contributed by atoms with Crippen LogP contribution in [-0.2, 0) is 11.3 Å². The van der Waals surface area contributed by atoms with Crippen LogP contribution in [0.5, 0.6) is 0 Å². The quantitative estimate of drug-likeness (QED) is 0.731. The Morgan fingerprint density at radius 2 is 1.78 bits per heavy atom. The van der Waals surface area contributed by atoms with E-state index in [1.165, 1.54) is 31.0 Å². The average molecular weight is 369 g/mol. The molecule has 5 rings (SSSR count). The number of piperidine rings is 1. The zero-order chi connectivity index (χ0) is 18.7. The molecule has 2 aromatic carbocycles. The van der Waals surface area contributed by atoms with Crippen molar-refractivity contribution in [3.63, 3.8) is 0 Å². The summed E-state index contributed by atoms with van der Waals surface area (Å²) in [7, 11) is 0. The number of halogens is 2. The number of rotatable bonds is 6. The molecule has 2 nitrogen and oxygen atoms in total. The first kappa shape index (κ1) is 17.3. The second kappa shape index (κ2) is 5.86. The van der Waals surface area contributed by atoms with Crippen LogP contribution in [0, 0.1) is 17.0 Å². The van der Waals surface area contributed by atoms with Gasteiger partial charge < -0.3 is 4.74 Å². The van der Waals surface area contributed by atoms with Gasteiger partial charge in [-0.1, -0.05) is 31.2 Å². The lowest BCUT2D eigenvalue weighted by atomic mass is 9.52. The van der Waals surface area contributed by atoms with Gasteiger partial charge in [0, 0.05) is 5.54 Å². The van der Waals surface area contributed by atoms with Gasteiger partial charge in [0.15, 0.2) is 0 Å². The average Bonchev–Trinajstić information content (AvgIpc) is 3.30. The molecule has 1 aliphatic heterocycles. The summed E-state index contributed by atoms with van der Waals surface area (Å²) in [4.78, 5) is 0. The highest BCUT2D eigenvalue weighted by Gasteiger charge is 2.84. The van der Waals surface area contributed by atoms with Crippen molar-refractivity contribution in [3.8, 4) is 0 Å². The smallest absolute Gasteiger partial charge is 0.123 e. The summed E-state index contributed by atoms with van der Waals surface area (Å²) in [6.07, 6.45) is 4.64. The lowest BCUT2D eigenvalue weighted by Crippen LogP contribution is -2.52. The van der Waals surface area contributed by atoms with Crippen molar-refractivity contribution >= 4 is 0 Å². The predicted molar refractivity (Wildman–Crippen MR) is 100 cm³/mol. The van der Waals surface area contributed by atoms with Crippen molar-refractivity contribution in [3.05, 3.63) is 71.3 Å². The van der Waals surface area contributed by atoms with Crippen molar-refractivity contribution in [1.29, 1.82) is 0 Å². The maximum absolute atomic E-state index is 13.7. The van der Waals surface area contributed by atoms with Gasteiger partial charge in [0.2, 0.25) is 0 Å². The Hall–Kier alpha value is -1.78. The van der Waals surface area contributed by atoms with Crippen LogP contribution in [-0.4, -0.2) is 17.7 Å². The van der Waals surface area contributed by atoms with Crippen LogP contribution >= 0.6 is 0 Å². The van der Waals surface area contributed by atoms with Gasteiger partial charge in [-0.2, -0.15) is 0 Å². The molecule has 1 N–H and O–H groups in total. The third-order valence-corrected chi connectivity index (χ3v) is 7.71. The topological polar surface area (TPSA) is 31.2 Å². The Bertz CT molecular complexity index is 865. The van der Waals surface area contributed by atoms with Gasteiger partial charge >= 0.3 is 0 Å². The summed E-state index contributed by atoms with van der Waals surface area (Å²) in [5.41, 5.74) is 2.51. The van der Waals surface area contributed by atoms with Gasteiger partial charge in [0.25, 0.3) is 0 Å². The summed E-state index contributed by atoms with van der Waals surface area (Å²) in [5, 5.41) is 3.82. The Balaban J connectivity index is 1.28. The van der Waals surface area contributed by atoms with E-state index in [-0.39, 0.29) is 28.1 Å². The largest absolute Gasteiger partial charge is 0.375 e. The van der Waals surface area contributed by atoms with Crippen LogP contribution in [0.4, 0.5) is 8.78 Å². The molecule has 0 amide bonds. The Labute approximate surface area is 158 Å². The molecular formula is C23H25F2NO. The monoisotopic (exact) mass is 369 g/mol. The Kier molecular flexibility index (Phi) is 3.76. The second-order valence-corrected chi connectivity index (χ2v) is 8.66. The molecule has 2 aliphatic carbocycles. The molecule has 3 aliphatic rings. The third kappa shape index (κ3) is 2.36. The molecule has 142 valence electrons. The molecule has 2 aromatic rings. The number of hydrogen-bond acceptors (Lipinski definition) is 2. The number of hydrogen-bond donors (Lipinski definition) is 1. The van der Waals surface area contributed by atoms with E-state index in [1.807, 2.05) is 6.07 Å². The summed E-state index contributed by atoms with van der Waals surface area (Å²) < 4.78 is 32.8. The molecule has 27 heavy (non-hydrogen) atoms. The van der Waals surface area contributed by atoms with Crippen molar-refractivity contribution in [2.75, 3.05) is 6.61 Å². The summed E-state index contributed by atoms with van der Waals surface area (Å²) in [5.74, 6) is -0.0442. The highest BCUT2D eigenvalue weighted by atomic mass is 19.1. The van der Waals surface area contributed by atoms with Crippen molar-refractivity contribution < 1.29 is 13.5 Å². The van der Waals surface area contributed by atoms with Gasteiger partial charge in [-0.15, -0.1) is 0 Å². The fourth-order valence-corrected chi connectivity index (χ4v) is 6.08. The lowest BCUT2D eigenvalue weighted by molar-refractivity contribution is 0.0381. The van der Waals surface area contributed by atoms with E-state index < -0.39 is 0 Å². The fraction of sp³-hybridized carbons (Fsp3) is 0.478. The molecule has 1 saturated heterocycles. The fourth-order valence-electron chi connectivity index (χ4n) is 6.08. The molecule has 1 spiro atoms. The van der Waals surface area contributed by atoms with E-state index in [9.17, 15) is 8.78 Å². The van der Waals surface area contributed by atoms with E-state index in [4.69, 9.17) is 4.74 Å². The van der Waals surface area contributed by atoms with E-state index in [1.54, 1.807) is 18.2 Å². The highest BCUT2D eigenvalue weighted by molar-refractivity contribution is 5.45. The minimum atomic E-state index is -0.221. The summed E-state index contributed by atoms with van der Waals surface area (Å²) in [6, 6.07) is 13.6. The van der Waals surface area contributed by atoms with Crippen LogP contribution in [0.25, 0.3) is 0 Å². The van der Waals surface area contributed by atoms with Crippen LogP contribution in [0.2, 0.25) is 0 Å². The van der Waals surface area contributed by atoms with Gasteiger partial charge in [0.05, 0.1) is 18.8 Å². The number of nitrogens with one attached hydrogen (secondary N) is 1. The first-order valence-electron chi connectivity index (χ1n) is 9.87. The van der Waals surface area contributed by atoms with E-state index in [2.05, 4.69) is 18.3 Å². The predicted octanol–water partition coefficient (Wildman–Crippen LogP) is 4.94. The maximum Gasteiger partial charge on any atom is 0.123 e. The SMILES string of the molecule is C[C@@H](c1cccc(F)c1)C12CCC3(COCc4ccc(F)cc4)NC31CC2. The second-order valence-electron chi connectivity index (χ2n) is 8.66. The molecule has 3 unspecified atom stereocenters. The van der Waals surface area contributed by atoms with Crippen molar-refractivity contribution in [2.45, 2.75) is 56.2 Å². The maximum atomic E-state index is 13.7. The molecule has 0 aromatic heterocycles. The molecule has 2 saturated carbocycles. The highest BCUT2D eigenvalue weighted by Crippen LogP contribution is 2.76. The van der Waals surface area contributed by atoms with Crippen LogP contribution in [0.1, 0.15) is 49.7 Å². The molecular weight excluding hydrogens is 344 g/mol. The first-order valence-corrected chi connectivity index (χ1v) is 9.87. The summed E-state index contributed by atoms with van der Waals surface area (Å²) >= 11 is 0. The lowest BCUT2D eigenvalue weighted by Gasteiger charge is -2.52. The van der Waals surface area contributed by atoms with Crippen LogP contribution in [0.3, 0.4) is 0 Å². The van der Waals surface area contributed by atoms with E-state index in [0.717, 1.165) is 24.0 Å². The van der Waals surface area contributed by atoms with Gasteiger partial charge in [-0.3, -0.25) is 5.32 Å². The van der Waals surface area contributed by atoms with Gasteiger partial charge in [0.1, 0.15) is 11.6 Å². The molecule has 1 heterocycles. The van der Waals surface area contributed by atoms with Gasteiger partial charge in [-0.25, -0.2) is 8.78 Å². The molecule has 4 heteroatoms. The molecule has 0 radical (unpaired) electrons. The Morgan fingerprint density at radius 3 is 2.48 bits per heavy atom. The summed E-state index contributed by atoms with van der Waals surface area (Å²) in [6.45, 7) is 3.44. The van der Waals surface area contributed by atoms with Crippen LogP contribution < -0.4 is 5.32 Å². The zero-order valence-electron chi connectivity index (χ0n) is 15.6. The van der Waals surface area contributed by atoms with Crippen molar-refractivity contribution in [2.24, 2.45) is 5.41 Å². The minimum absolute atomic E-state index is 0.0624. The molecule has 3 fully saturated rings. The first-order chi connectivity index (χ1) is 13.0. The number of ether oxygens (including phenoxy) is 1. The van der Waals surface area contributed by atoms with E-state index in [0.29, 0.717) is 19.1 Å². The number of benzene rings is 2. The minimum Gasteiger partial charge on any atom is -0.375 e. The van der Waals surface area contributed by atoms with E-state index >= 15 is 0 Å². The standard InChI is InChI=1S/C23H25F2NO/c1-16(18-3-2-4-20(25)13-18)21-9-11-22(23(21,26-22)12-10-21)15-27-14-17-5-7-19(24)8-6-17/h2-8,13,16,26H,9-12,14-15H2,1H3/t16-,21?,22?,23?/m0/s1.